The second-order valence-corrected chi connectivity index (χ2v) is 4.48. The molecular weight excluding hydrogens is 260 g/mol. The van der Waals surface area contributed by atoms with Gasteiger partial charge in [-0.2, -0.15) is 0 Å². The molecule has 0 spiro atoms. The number of benzene rings is 1. The van der Waals surface area contributed by atoms with Gasteiger partial charge in [0.15, 0.2) is 11.6 Å². The summed E-state index contributed by atoms with van der Waals surface area (Å²) in [7, 11) is 0. The number of pyridine rings is 1. The highest BCUT2D eigenvalue weighted by Gasteiger charge is 2.13. The fourth-order valence-electron chi connectivity index (χ4n) is 1.83. The minimum absolute atomic E-state index is 0.157. The van der Waals surface area contributed by atoms with Gasteiger partial charge >= 0.3 is 0 Å². The van der Waals surface area contributed by atoms with Crippen LogP contribution >= 0.6 is 0 Å². The lowest BCUT2D eigenvalue weighted by Crippen LogP contribution is -2.08. The number of rotatable bonds is 3. The Kier molecular flexibility index (Phi) is 4.11. The summed E-state index contributed by atoms with van der Waals surface area (Å²) in [4.78, 5) is 4.09. The van der Waals surface area contributed by atoms with Crippen LogP contribution in [0.1, 0.15) is 11.3 Å². The third-order valence-corrected chi connectivity index (χ3v) is 3.01. The first kappa shape index (κ1) is 14.2. The molecule has 1 atom stereocenters. The van der Waals surface area contributed by atoms with Gasteiger partial charge in [-0.3, -0.25) is 4.98 Å². The highest BCUT2D eigenvalue weighted by atomic mass is 19.2. The standard InChI is InChI=1S/C16H13F2NO/c1-3-13(20)8-12-6-5-11(9-19-12)14-7-4-10(2)15(17)16(14)18/h1,4-7,9,13,20H,8H2,2H3. The molecule has 0 amide bonds. The summed E-state index contributed by atoms with van der Waals surface area (Å²) in [5, 5.41) is 9.32. The molecule has 0 aliphatic heterocycles. The number of halogens is 2. The first-order valence-electron chi connectivity index (χ1n) is 6.07. The Morgan fingerprint density at radius 2 is 2.00 bits per heavy atom. The Labute approximate surface area is 116 Å². The minimum atomic E-state index is -0.901. The van der Waals surface area contributed by atoms with E-state index in [0.717, 1.165) is 0 Å². The van der Waals surface area contributed by atoms with Crippen molar-refractivity contribution in [3.63, 3.8) is 0 Å². The number of aliphatic hydroxyl groups is 1. The second kappa shape index (κ2) is 5.81. The Hall–Kier alpha value is -2.25. The van der Waals surface area contributed by atoms with Gasteiger partial charge < -0.3 is 5.11 Å². The Bertz CT molecular complexity index is 659. The number of hydrogen-bond acceptors (Lipinski definition) is 2. The molecule has 0 radical (unpaired) electrons. The highest BCUT2D eigenvalue weighted by molar-refractivity contribution is 5.63. The molecule has 0 aliphatic carbocycles. The molecule has 1 aromatic carbocycles. The summed E-state index contributed by atoms with van der Waals surface area (Å²) in [6, 6.07) is 6.29. The maximum absolute atomic E-state index is 13.8. The number of nitrogens with zero attached hydrogens (tertiary/aromatic N) is 1. The van der Waals surface area contributed by atoms with Crippen LogP contribution in [0.5, 0.6) is 0 Å². The first-order chi connectivity index (χ1) is 9.52. The molecule has 2 rings (SSSR count). The van der Waals surface area contributed by atoms with Gasteiger partial charge in [-0.05, 0) is 18.6 Å². The van der Waals surface area contributed by atoms with E-state index in [1.165, 1.54) is 25.3 Å². The van der Waals surface area contributed by atoms with Gasteiger partial charge in [-0.1, -0.05) is 24.1 Å². The van der Waals surface area contributed by atoms with E-state index in [1.807, 2.05) is 0 Å². The first-order valence-corrected chi connectivity index (χ1v) is 6.07. The molecule has 20 heavy (non-hydrogen) atoms. The average molecular weight is 273 g/mol. The maximum Gasteiger partial charge on any atom is 0.166 e. The average Bonchev–Trinajstić information content (AvgIpc) is 2.46. The van der Waals surface area contributed by atoms with Crippen LogP contribution in [0.15, 0.2) is 30.5 Å². The number of hydrogen-bond donors (Lipinski definition) is 1. The smallest absolute Gasteiger partial charge is 0.166 e. The fraction of sp³-hybridized carbons (Fsp3) is 0.188. The summed E-state index contributed by atoms with van der Waals surface area (Å²) < 4.78 is 27.4. The summed E-state index contributed by atoms with van der Waals surface area (Å²) in [6.07, 6.45) is 5.83. The molecule has 0 fully saturated rings. The van der Waals surface area contributed by atoms with E-state index in [4.69, 9.17) is 6.42 Å². The highest BCUT2D eigenvalue weighted by Crippen LogP contribution is 2.25. The van der Waals surface area contributed by atoms with Crippen LogP contribution in [0.2, 0.25) is 0 Å². The Morgan fingerprint density at radius 1 is 1.25 bits per heavy atom. The normalized spacial score (nSPS) is 11.9. The predicted octanol–water partition coefficient (Wildman–Crippen LogP) is 2.87. The summed E-state index contributed by atoms with van der Waals surface area (Å²) in [5.41, 5.74) is 1.48. The van der Waals surface area contributed by atoms with Crippen LogP contribution in [0.4, 0.5) is 8.78 Å². The summed E-state index contributed by atoms with van der Waals surface area (Å²) in [5.74, 6) is 0.450. The van der Waals surface area contributed by atoms with Crippen LogP contribution in [-0.4, -0.2) is 16.2 Å². The molecule has 1 heterocycles. The van der Waals surface area contributed by atoms with Gasteiger partial charge in [0.05, 0.1) is 0 Å². The number of terminal acetylenes is 1. The number of aryl methyl sites for hydroxylation is 1. The van der Waals surface area contributed by atoms with Crippen molar-refractivity contribution < 1.29 is 13.9 Å². The van der Waals surface area contributed by atoms with Crippen molar-refractivity contribution in [2.45, 2.75) is 19.4 Å². The molecule has 2 nitrogen and oxygen atoms in total. The third-order valence-electron chi connectivity index (χ3n) is 3.01. The van der Waals surface area contributed by atoms with Crippen LogP contribution in [0.3, 0.4) is 0 Å². The maximum atomic E-state index is 13.8. The number of aliphatic hydroxyl groups excluding tert-OH is 1. The fourth-order valence-corrected chi connectivity index (χ4v) is 1.83. The van der Waals surface area contributed by atoms with E-state index in [9.17, 15) is 13.9 Å². The van der Waals surface area contributed by atoms with Crippen molar-refractivity contribution in [1.29, 1.82) is 0 Å². The monoisotopic (exact) mass is 273 g/mol. The van der Waals surface area contributed by atoms with Gasteiger partial charge in [0, 0.05) is 29.4 Å². The van der Waals surface area contributed by atoms with E-state index in [2.05, 4.69) is 10.9 Å². The summed E-state index contributed by atoms with van der Waals surface area (Å²) in [6.45, 7) is 1.50. The van der Waals surface area contributed by atoms with Gasteiger partial charge in [-0.15, -0.1) is 6.42 Å². The molecule has 1 aromatic heterocycles. The lowest BCUT2D eigenvalue weighted by Gasteiger charge is -2.07. The van der Waals surface area contributed by atoms with Crippen LogP contribution < -0.4 is 0 Å². The Morgan fingerprint density at radius 3 is 2.60 bits per heavy atom. The molecule has 1 unspecified atom stereocenters. The van der Waals surface area contributed by atoms with Crippen LogP contribution in [-0.2, 0) is 6.42 Å². The minimum Gasteiger partial charge on any atom is -0.380 e. The molecule has 4 heteroatoms. The van der Waals surface area contributed by atoms with Gasteiger partial charge in [0.2, 0.25) is 0 Å². The quantitative estimate of drug-likeness (QED) is 0.872. The van der Waals surface area contributed by atoms with Crippen molar-refractivity contribution in [2.24, 2.45) is 0 Å². The molecule has 1 N–H and O–H groups in total. The second-order valence-electron chi connectivity index (χ2n) is 4.48. The third kappa shape index (κ3) is 2.84. The molecule has 102 valence electrons. The van der Waals surface area contributed by atoms with E-state index in [1.54, 1.807) is 12.1 Å². The van der Waals surface area contributed by atoms with Crippen LogP contribution in [0.25, 0.3) is 11.1 Å². The lowest BCUT2D eigenvalue weighted by atomic mass is 10.0. The largest absolute Gasteiger partial charge is 0.380 e. The van der Waals surface area contributed by atoms with Gasteiger partial charge in [-0.25, -0.2) is 8.78 Å². The van der Waals surface area contributed by atoms with Crippen molar-refractivity contribution in [3.8, 4) is 23.5 Å². The molecule has 2 aromatic rings. The lowest BCUT2D eigenvalue weighted by molar-refractivity contribution is 0.232. The number of aromatic nitrogens is 1. The van der Waals surface area contributed by atoms with Crippen molar-refractivity contribution in [3.05, 3.63) is 53.4 Å². The van der Waals surface area contributed by atoms with E-state index in [0.29, 0.717) is 11.3 Å². The topological polar surface area (TPSA) is 33.1 Å². The SMILES string of the molecule is C#CC(O)Cc1ccc(-c2ccc(C)c(F)c2F)cn1. The Balaban J connectivity index is 2.31. The molecular formula is C16H13F2NO. The van der Waals surface area contributed by atoms with Crippen molar-refractivity contribution >= 4 is 0 Å². The summed E-state index contributed by atoms with van der Waals surface area (Å²) >= 11 is 0. The molecule has 0 aliphatic rings. The van der Waals surface area contributed by atoms with Gasteiger partial charge in [0.1, 0.15) is 6.10 Å². The van der Waals surface area contributed by atoms with Crippen LogP contribution in [0, 0.1) is 30.9 Å². The zero-order valence-electron chi connectivity index (χ0n) is 10.9. The van der Waals surface area contributed by atoms with E-state index >= 15 is 0 Å². The zero-order valence-corrected chi connectivity index (χ0v) is 10.9. The van der Waals surface area contributed by atoms with Crippen molar-refractivity contribution in [1.82, 2.24) is 4.98 Å². The molecule has 0 saturated heterocycles. The molecule has 0 bridgehead atoms. The zero-order chi connectivity index (χ0) is 14.7. The molecule has 0 saturated carbocycles. The van der Waals surface area contributed by atoms with Crippen molar-refractivity contribution in [2.75, 3.05) is 0 Å². The predicted molar refractivity (Wildman–Crippen MR) is 72.9 cm³/mol. The van der Waals surface area contributed by atoms with Gasteiger partial charge in [0.25, 0.3) is 0 Å². The van der Waals surface area contributed by atoms with E-state index < -0.39 is 17.7 Å². The van der Waals surface area contributed by atoms with E-state index in [-0.39, 0.29) is 17.5 Å².